The molecule has 8 rings (SSSR count). The average molecular weight is 1060 g/mol. The van der Waals surface area contributed by atoms with Gasteiger partial charge in [-0.1, -0.05) is 48.6 Å². The SMILES string of the molecule is CS(=O)(=O)NC1CCN(c2ccccc2NC(=O)c2csc(Br)n2)CC1.CS(=O)(=O)NC1CCN(c2ccccc2NC(=O)c2csc(Sc3ccccn3)n2)CC1.S=c1cccc[nH]1. The second kappa shape index (κ2) is 23.7. The van der Waals surface area contributed by atoms with Crippen molar-refractivity contribution >= 4 is 117 Å². The van der Waals surface area contributed by atoms with E-state index in [9.17, 15) is 26.4 Å². The van der Waals surface area contributed by atoms with Crippen LogP contribution in [-0.2, 0) is 20.0 Å². The number of benzene rings is 2. The fourth-order valence-electron chi connectivity index (χ4n) is 6.80. The first-order chi connectivity index (χ1) is 31.1. The lowest BCUT2D eigenvalue weighted by molar-refractivity contribution is 0.101. The van der Waals surface area contributed by atoms with Crippen LogP contribution in [0.25, 0.3) is 0 Å². The number of H-pyrrole nitrogens is 1. The predicted octanol–water partition coefficient (Wildman–Crippen LogP) is 7.88. The number of nitrogens with one attached hydrogen (secondary N) is 5. The molecule has 4 aromatic heterocycles. The van der Waals surface area contributed by atoms with E-state index >= 15 is 0 Å². The molecule has 16 nitrogen and oxygen atoms in total. The van der Waals surface area contributed by atoms with E-state index in [1.165, 1.54) is 46.9 Å². The number of carbonyl (C=O) groups excluding carboxylic acids is 2. The Hall–Kier alpha value is -4.59. The lowest BCUT2D eigenvalue weighted by Crippen LogP contribution is -2.44. The van der Waals surface area contributed by atoms with Crippen LogP contribution in [0.3, 0.4) is 0 Å². The van der Waals surface area contributed by atoms with Gasteiger partial charge in [0.15, 0.2) is 8.26 Å². The van der Waals surface area contributed by atoms with Crippen LogP contribution in [0.2, 0.25) is 0 Å². The van der Waals surface area contributed by atoms with Gasteiger partial charge in [0.25, 0.3) is 11.8 Å². The molecule has 2 amide bonds. The Bertz CT molecular complexity index is 2780. The lowest BCUT2D eigenvalue weighted by atomic mass is 10.0. The number of nitrogens with zero attached hydrogens (tertiary/aromatic N) is 5. The summed E-state index contributed by atoms with van der Waals surface area (Å²) in [7, 11) is -6.41. The number of piperidine rings is 2. The number of thiazole rings is 2. The van der Waals surface area contributed by atoms with Crippen LogP contribution >= 0.6 is 62.6 Å². The summed E-state index contributed by atoms with van der Waals surface area (Å²) in [5, 5.41) is 10.2. The van der Waals surface area contributed by atoms with E-state index in [-0.39, 0.29) is 23.9 Å². The highest BCUT2D eigenvalue weighted by Crippen LogP contribution is 2.32. The molecule has 2 saturated heterocycles. The minimum Gasteiger partial charge on any atom is -0.370 e. The van der Waals surface area contributed by atoms with Crippen molar-refractivity contribution in [1.29, 1.82) is 0 Å². The minimum absolute atomic E-state index is 0.0460. The van der Waals surface area contributed by atoms with Gasteiger partial charge in [-0.2, -0.15) is 0 Å². The fraction of sp³-hybridized carbons (Fsp3) is 0.286. The van der Waals surface area contributed by atoms with Gasteiger partial charge in [-0.25, -0.2) is 41.2 Å². The van der Waals surface area contributed by atoms with Crippen molar-refractivity contribution in [2.75, 3.05) is 59.1 Å². The zero-order valence-corrected chi connectivity index (χ0v) is 41.7. The van der Waals surface area contributed by atoms with E-state index in [0.29, 0.717) is 72.9 Å². The smallest absolute Gasteiger partial charge is 0.275 e. The molecule has 23 heteroatoms. The topological polar surface area (TPSA) is 211 Å². The molecule has 0 unspecified atom stereocenters. The number of rotatable bonds is 12. The number of anilines is 4. The first-order valence-electron chi connectivity index (χ1n) is 20.1. The van der Waals surface area contributed by atoms with E-state index in [1.54, 1.807) is 17.0 Å². The maximum absolute atomic E-state index is 12.8. The molecule has 5 N–H and O–H groups in total. The molecule has 344 valence electrons. The third-order valence-electron chi connectivity index (χ3n) is 9.67. The zero-order chi connectivity index (χ0) is 46.4. The Labute approximate surface area is 404 Å². The van der Waals surface area contributed by atoms with Gasteiger partial charge in [-0.05, 0) is 102 Å². The van der Waals surface area contributed by atoms with Crippen molar-refractivity contribution in [3.05, 3.63) is 128 Å². The highest BCUT2D eigenvalue weighted by molar-refractivity contribution is 9.11. The Morgan fingerprint density at radius 2 is 1.20 bits per heavy atom. The number of pyridine rings is 2. The van der Waals surface area contributed by atoms with Gasteiger partial charge in [0.2, 0.25) is 20.0 Å². The first kappa shape index (κ1) is 49.8. The summed E-state index contributed by atoms with van der Waals surface area (Å²) in [6.07, 6.45) is 8.74. The van der Waals surface area contributed by atoms with Gasteiger partial charge in [0.1, 0.15) is 21.1 Å². The second-order valence-electron chi connectivity index (χ2n) is 14.7. The molecular formula is C42H47BrN10O6S6. The molecule has 2 fully saturated rings. The number of halogens is 1. The third-order valence-corrected chi connectivity index (χ3v) is 14.7. The molecule has 0 bridgehead atoms. The standard InChI is InChI=1S/C21H23N5O3S3.C16H19BrN4O3S2.C5H5NS/c1-32(28,29)25-15-9-12-26(13-10-15)18-7-3-2-6-16(18)23-20(27)17-14-30-21(24-17)31-19-8-4-5-11-22-19;1-26(23,24)20-11-6-8-21(9-7-11)14-5-3-2-4-12(14)18-15(22)13-10-25-16(17)19-13;7-5-3-1-2-4-6-5/h2-8,11,14-15,25H,9-10,12-13H2,1H3,(H,23,27);2-5,10-11,20H,6-9H2,1H3,(H,18,22);1-4H,(H,6,7). The van der Waals surface area contributed by atoms with Crippen molar-refractivity contribution in [3.8, 4) is 0 Å². The van der Waals surface area contributed by atoms with Crippen LogP contribution in [0.1, 0.15) is 46.7 Å². The molecule has 65 heavy (non-hydrogen) atoms. The number of carbonyl (C=O) groups is 2. The number of para-hydroxylation sites is 4. The average Bonchev–Trinajstić information content (AvgIpc) is 3.94. The summed E-state index contributed by atoms with van der Waals surface area (Å²) >= 11 is 12.2. The van der Waals surface area contributed by atoms with Crippen LogP contribution in [0, 0.1) is 4.64 Å². The van der Waals surface area contributed by atoms with Crippen molar-refractivity contribution in [2.45, 2.75) is 47.1 Å². The van der Waals surface area contributed by atoms with Crippen molar-refractivity contribution in [1.82, 2.24) is 29.4 Å². The molecule has 0 spiro atoms. The number of sulfonamides is 2. The van der Waals surface area contributed by atoms with Crippen molar-refractivity contribution in [3.63, 3.8) is 0 Å². The molecule has 6 heterocycles. The Balaban J connectivity index is 0.000000190. The summed E-state index contributed by atoms with van der Waals surface area (Å²) in [4.78, 5) is 45.2. The molecular weight excluding hydrogens is 1010 g/mol. The van der Waals surface area contributed by atoms with Gasteiger partial charge >= 0.3 is 0 Å². The molecule has 6 aromatic rings. The highest BCUT2D eigenvalue weighted by Gasteiger charge is 2.25. The number of aromatic nitrogens is 4. The zero-order valence-electron chi connectivity index (χ0n) is 35.2. The Kier molecular flexibility index (Phi) is 18.2. The third kappa shape index (κ3) is 16.4. The predicted molar refractivity (Wildman–Crippen MR) is 267 cm³/mol. The fourth-order valence-corrected chi connectivity index (χ4v) is 11.3. The molecule has 2 aromatic carbocycles. The lowest BCUT2D eigenvalue weighted by Gasteiger charge is -2.34. The van der Waals surface area contributed by atoms with Crippen molar-refractivity contribution < 1.29 is 26.4 Å². The molecule has 0 atom stereocenters. The van der Waals surface area contributed by atoms with Crippen LogP contribution in [0.15, 0.2) is 121 Å². The molecule has 2 aliphatic rings. The van der Waals surface area contributed by atoms with Crippen LogP contribution in [0.4, 0.5) is 22.7 Å². The van der Waals surface area contributed by atoms with E-state index in [0.717, 1.165) is 31.1 Å². The quantitative estimate of drug-likeness (QED) is 0.0740. The molecule has 0 aliphatic carbocycles. The summed E-state index contributed by atoms with van der Waals surface area (Å²) < 4.78 is 53.3. The van der Waals surface area contributed by atoms with Gasteiger partial charge in [-0.15, -0.1) is 22.7 Å². The number of aromatic amines is 1. The minimum atomic E-state index is -3.22. The van der Waals surface area contributed by atoms with Crippen LogP contribution in [-0.4, -0.2) is 99.4 Å². The van der Waals surface area contributed by atoms with Crippen molar-refractivity contribution in [2.24, 2.45) is 0 Å². The number of amides is 2. The molecule has 0 saturated carbocycles. The van der Waals surface area contributed by atoms with E-state index < -0.39 is 20.0 Å². The van der Waals surface area contributed by atoms with Gasteiger partial charge in [0, 0.05) is 61.4 Å². The Morgan fingerprint density at radius 1 is 0.708 bits per heavy atom. The summed E-state index contributed by atoms with van der Waals surface area (Å²) in [6, 6.07) is 26.4. The van der Waals surface area contributed by atoms with Gasteiger partial charge in [0.05, 0.1) is 35.3 Å². The summed E-state index contributed by atoms with van der Waals surface area (Å²) in [5.41, 5.74) is 3.99. The van der Waals surface area contributed by atoms with E-state index in [4.69, 9.17) is 12.2 Å². The summed E-state index contributed by atoms with van der Waals surface area (Å²) in [5.74, 6) is -0.525. The largest absolute Gasteiger partial charge is 0.370 e. The second-order valence-corrected chi connectivity index (χ2v) is 23.0. The molecule has 2 aliphatic heterocycles. The van der Waals surface area contributed by atoms with E-state index in [2.05, 4.69) is 65.7 Å². The van der Waals surface area contributed by atoms with Gasteiger partial charge in [-0.3, -0.25) is 9.59 Å². The number of hydrogen-bond acceptors (Lipinski definition) is 15. The van der Waals surface area contributed by atoms with Gasteiger partial charge < -0.3 is 25.4 Å². The molecule has 0 radical (unpaired) electrons. The first-order valence-corrected chi connectivity index (χ1v) is 27.7. The van der Waals surface area contributed by atoms with Crippen LogP contribution < -0.4 is 29.9 Å². The monoisotopic (exact) mass is 1060 g/mol. The normalized spacial score (nSPS) is 14.6. The highest BCUT2D eigenvalue weighted by atomic mass is 79.9. The van der Waals surface area contributed by atoms with E-state index in [1.807, 2.05) is 91.1 Å². The Morgan fingerprint density at radius 3 is 1.63 bits per heavy atom. The van der Waals surface area contributed by atoms with Crippen LogP contribution in [0.5, 0.6) is 0 Å². The maximum atomic E-state index is 12.8. The summed E-state index contributed by atoms with van der Waals surface area (Å²) in [6.45, 7) is 2.81. The number of hydrogen-bond donors (Lipinski definition) is 5. The maximum Gasteiger partial charge on any atom is 0.275 e.